The van der Waals surface area contributed by atoms with Crippen LogP contribution in [0.4, 0.5) is 5.82 Å². The number of aromatic amines is 1. The SMILES string of the molecule is CCc1cn[nH]c1NC(=O)CCOC. The van der Waals surface area contributed by atoms with Crippen LogP contribution in [0.2, 0.25) is 0 Å². The summed E-state index contributed by atoms with van der Waals surface area (Å²) in [6.45, 7) is 2.44. The third kappa shape index (κ3) is 2.85. The van der Waals surface area contributed by atoms with Crippen molar-refractivity contribution in [1.82, 2.24) is 10.2 Å². The maximum absolute atomic E-state index is 11.3. The van der Waals surface area contributed by atoms with E-state index >= 15 is 0 Å². The van der Waals surface area contributed by atoms with E-state index in [-0.39, 0.29) is 5.91 Å². The molecule has 0 fully saturated rings. The highest BCUT2D eigenvalue weighted by atomic mass is 16.5. The van der Waals surface area contributed by atoms with Gasteiger partial charge in [0.25, 0.3) is 0 Å². The van der Waals surface area contributed by atoms with Crippen LogP contribution >= 0.6 is 0 Å². The summed E-state index contributed by atoms with van der Waals surface area (Å²) in [7, 11) is 1.57. The number of methoxy groups -OCH3 is 1. The van der Waals surface area contributed by atoms with Crippen molar-refractivity contribution in [3.05, 3.63) is 11.8 Å². The first-order valence-electron chi connectivity index (χ1n) is 4.59. The average molecular weight is 197 g/mol. The molecule has 0 aliphatic carbocycles. The van der Waals surface area contributed by atoms with E-state index < -0.39 is 0 Å². The molecule has 0 aliphatic heterocycles. The van der Waals surface area contributed by atoms with Crippen LogP contribution in [0.25, 0.3) is 0 Å². The van der Waals surface area contributed by atoms with Crippen molar-refractivity contribution in [3.63, 3.8) is 0 Å². The molecule has 0 unspecified atom stereocenters. The minimum absolute atomic E-state index is 0.0641. The Hall–Kier alpha value is -1.36. The van der Waals surface area contributed by atoms with Crippen LogP contribution in [-0.2, 0) is 16.0 Å². The molecule has 0 saturated heterocycles. The minimum Gasteiger partial charge on any atom is -0.384 e. The molecule has 0 radical (unpaired) electrons. The van der Waals surface area contributed by atoms with Gasteiger partial charge in [-0.2, -0.15) is 5.10 Å². The fraction of sp³-hybridized carbons (Fsp3) is 0.556. The van der Waals surface area contributed by atoms with Crippen LogP contribution in [0.5, 0.6) is 0 Å². The lowest BCUT2D eigenvalue weighted by atomic mass is 10.2. The summed E-state index contributed by atoms with van der Waals surface area (Å²) in [5.74, 6) is 0.624. The van der Waals surface area contributed by atoms with E-state index in [1.807, 2.05) is 6.92 Å². The minimum atomic E-state index is -0.0641. The van der Waals surface area contributed by atoms with Gasteiger partial charge in [-0.15, -0.1) is 0 Å². The highest BCUT2D eigenvalue weighted by molar-refractivity contribution is 5.90. The van der Waals surface area contributed by atoms with Gasteiger partial charge in [0.15, 0.2) is 0 Å². The zero-order chi connectivity index (χ0) is 10.4. The fourth-order valence-electron chi connectivity index (χ4n) is 1.08. The van der Waals surface area contributed by atoms with Gasteiger partial charge < -0.3 is 10.1 Å². The van der Waals surface area contributed by atoms with Crippen molar-refractivity contribution in [1.29, 1.82) is 0 Å². The van der Waals surface area contributed by atoms with E-state index in [1.54, 1.807) is 13.3 Å². The molecule has 1 aromatic heterocycles. The number of anilines is 1. The summed E-state index contributed by atoms with van der Waals surface area (Å²) < 4.78 is 4.80. The van der Waals surface area contributed by atoms with E-state index in [4.69, 9.17) is 4.74 Å². The van der Waals surface area contributed by atoms with Gasteiger partial charge in [-0.25, -0.2) is 0 Å². The van der Waals surface area contributed by atoms with Crippen molar-refractivity contribution < 1.29 is 9.53 Å². The van der Waals surface area contributed by atoms with Gasteiger partial charge in [0.1, 0.15) is 5.82 Å². The van der Waals surface area contributed by atoms with E-state index in [2.05, 4.69) is 15.5 Å². The van der Waals surface area contributed by atoms with Gasteiger partial charge in [-0.05, 0) is 6.42 Å². The number of carbonyl (C=O) groups is 1. The molecule has 1 rings (SSSR count). The highest BCUT2D eigenvalue weighted by Gasteiger charge is 2.06. The standard InChI is InChI=1S/C9H15N3O2/c1-3-7-6-10-12-9(7)11-8(13)4-5-14-2/h6H,3-5H2,1-2H3,(H2,10,11,12,13). The van der Waals surface area contributed by atoms with Crippen LogP contribution in [0.15, 0.2) is 6.20 Å². The van der Waals surface area contributed by atoms with E-state index in [1.165, 1.54) is 0 Å². The average Bonchev–Trinajstić information content (AvgIpc) is 2.62. The highest BCUT2D eigenvalue weighted by Crippen LogP contribution is 2.11. The number of rotatable bonds is 5. The summed E-state index contributed by atoms with van der Waals surface area (Å²) in [4.78, 5) is 11.3. The van der Waals surface area contributed by atoms with Crippen molar-refractivity contribution in [2.45, 2.75) is 19.8 Å². The number of hydrogen-bond donors (Lipinski definition) is 2. The van der Waals surface area contributed by atoms with Crippen molar-refractivity contribution in [2.24, 2.45) is 0 Å². The molecule has 0 aromatic carbocycles. The molecule has 14 heavy (non-hydrogen) atoms. The fourth-order valence-corrected chi connectivity index (χ4v) is 1.08. The summed E-state index contributed by atoms with van der Waals surface area (Å²) in [5.41, 5.74) is 1.01. The summed E-state index contributed by atoms with van der Waals surface area (Å²) in [5, 5.41) is 9.34. The summed E-state index contributed by atoms with van der Waals surface area (Å²) in [6.07, 6.45) is 2.92. The lowest BCUT2D eigenvalue weighted by Crippen LogP contribution is -2.14. The molecular weight excluding hydrogens is 182 g/mol. The lowest BCUT2D eigenvalue weighted by Gasteiger charge is -2.03. The molecule has 0 saturated carbocycles. The predicted molar refractivity (Wildman–Crippen MR) is 53.1 cm³/mol. The second-order valence-corrected chi connectivity index (χ2v) is 2.91. The summed E-state index contributed by atoms with van der Waals surface area (Å²) >= 11 is 0. The molecule has 0 atom stereocenters. The Balaban J connectivity index is 2.47. The topological polar surface area (TPSA) is 67.0 Å². The number of amides is 1. The lowest BCUT2D eigenvalue weighted by molar-refractivity contribution is -0.117. The molecule has 1 amide bonds. The van der Waals surface area contributed by atoms with Crippen LogP contribution in [0.3, 0.4) is 0 Å². The molecule has 0 spiro atoms. The Kier molecular flexibility index (Phi) is 4.12. The van der Waals surface area contributed by atoms with Gasteiger partial charge in [-0.1, -0.05) is 6.92 Å². The number of H-pyrrole nitrogens is 1. The van der Waals surface area contributed by atoms with Gasteiger partial charge in [-0.3, -0.25) is 9.89 Å². The van der Waals surface area contributed by atoms with Gasteiger partial charge in [0, 0.05) is 12.7 Å². The van der Waals surface area contributed by atoms with E-state index in [0.717, 1.165) is 12.0 Å². The van der Waals surface area contributed by atoms with Crippen LogP contribution in [-0.4, -0.2) is 29.8 Å². The Morgan fingerprint density at radius 2 is 2.50 bits per heavy atom. The Morgan fingerprint density at radius 1 is 1.71 bits per heavy atom. The Morgan fingerprint density at radius 3 is 3.14 bits per heavy atom. The van der Waals surface area contributed by atoms with Gasteiger partial charge >= 0.3 is 0 Å². The second-order valence-electron chi connectivity index (χ2n) is 2.91. The maximum atomic E-state index is 11.3. The van der Waals surface area contributed by atoms with Crippen molar-refractivity contribution >= 4 is 11.7 Å². The zero-order valence-corrected chi connectivity index (χ0v) is 8.46. The first kappa shape index (κ1) is 10.7. The smallest absolute Gasteiger partial charge is 0.227 e. The quantitative estimate of drug-likeness (QED) is 0.738. The number of carbonyl (C=O) groups excluding carboxylic acids is 1. The third-order valence-electron chi connectivity index (χ3n) is 1.90. The number of aromatic nitrogens is 2. The van der Waals surface area contributed by atoms with Crippen molar-refractivity contribution in [3.8, 4) is 0 Å². The monoisotopic (exact) mass is 197 g/mol. The van der Waals surface area contributed by atoms with Crippen LogP contribution in [0.1, 0.15) is 18.9 Å². The number of ether oxygens (including phenoxy) is 1. The molecule has 0 aliphatic rings. The normalized spacial score (nSPS) is 10.1. The molecule has 2 N–H and O–H groups in total. The van der Waals surface area contributed by atoms with E-state index in [0.29, 0.717) is 18.8 Å². The molecule has 1 heterocycles. The molecule has 5 nitrogen and oxygen atoms in total. The third-order valence-corrected chi connectivity index (χ3v) is 1.90. The van der Waals surface area contributed by atoms with E-state index in [9.17, 15) is 4.79 Å². The second kappa shape index (κ2) is 5.39. The van der Waals surface area contributed by atoms with Gasteiger partial charge in [0.2, 0.25) is 5.91 Å². The number of aryl methyl sites for hydroxylation is 1. The number of nitrogens with zero attached hydrogens (tertiary/aromatic N) is 1. The molecule has 0 bridgehead atoms. The molecular formula is C9H15N3O2. The molecule has 78 valence electrons. The van der Waals surface area contributed by atoms with Crippen molar-refractivity contribution in [2.75, 3.05) is 19.0 Å². The molecule has 1 aromatic rings. The summed E-state index contributed by atoms with van der Waals surface area (Å²) in [6, 6.07) is 0. The Labute approximate surface area is 82.8 Å². The Bertz CT molecular complexity index is 296. The number of hydrogen-bond acceptors (Lipinski definition) is 3. The predicted octanol–water partition coefficient (Wildman–Crippen LogP) is 0.947. The maximum Gasteiger partial charge on any atom is 0.227 e. The zero-order valence-electron chi connectivity index (χ0n) is 8.46. The first-order valence-corrected chi connectivity index (χ1v) is 4.59. The molecule has 5 heteroatoms. The van der Waals surface area contributed by atoms with Gasteiger partial charge in [0.05, 0.1) is 19.2 Å². The van der Waals surface area contributed by atoms with Crippen LogP contribution in [0, 0.1) is 0 Å². The first-order chi connectivity index (χ1) is 6.77. The van der Waals surface area contributed by atoms with Crippen LogP contribution < -0.4 is 5.32 Å². The number of nitrogens with one attached hydrogen (secondary N) is 2. The largest absolute Gasteiger partial charge is 0.384 e.